The molecule has 100 valence electrons. The number of ketones is 1. The first kappa shape index (κ1) is 13.4. The second-order valence-electron chi connectivity index (χ2n) is 4.05. The van der Waals surface area contributed by atoms with E-state index >= 15 is 0 Å². The van der Waals surface area contributed by atoms with E-state index in [0.717, 1.165) is 0 Å². The maximum absolute atomic E-state index is 12.0. The van der Waals surface area contributed by atoms with Crippen molar-refractivity contribution in [3.05, 3.63) is 41.4 Å². The zero-order chi connectivity index (χ0) is 14.0. The summed E-state index contributed by atoms with van der Waals surface area (Å²) in [6.07, 6.45) is 1.37. The lowest BCUT2D eigenvalue weighted by Crippen LogP contribution is -2.18. The monoisotopic (exact) mass is 280 g/mol. The van der Waals surface area contributed by atoms with Crippen LogP contribution in [-0.2, 0) is 9.84 Å². The highest BCUT2D eigenvalue weighted by atomic mass is 32.2. The number of rotatable bonds is 4. The Morgan fingerprint density at radius 1 is 1.32 bits per heavy atom. The molecule has 0 bridgehead atoms. The van der Waals surface area contributed by atoms with Crippen molar-refractivity contribution < 1.29 is 17.7 Å². The summed E-state index contributed by atoms with van der Waals surface area (Å²) in [6.45, 7) is 3.16. The molecule has 0 saturated heterocycles. The first-order chi connectivity index (χ1) is 8.92. The molecule has 0 radical (unpaired) electrons. The van der Waals surface area contributed by atoms with Crippen molar-refractivity contribution in [1.82, 2.24) is 10.1 Å². The minimum atomic E-state index is -3.75. The lowest BCUT2D eigenvalue weighted by atomic mass is 10.1. The molecule has 0 aliphatic heterocycles. The van der Waals surface area contributed by atoms with Gasteiger partial charge in [0.25, 0.3) is 0 Å². The molecule has 0 aliphatic rings. The molecule has 0 saturated carbocycles. The van der Waals surface area contributed by atoms with Crippen LogP contribution in [0.15, 0.2) is 33.9 Å². The smallest absolute Gasteiger partial charge is 0.203 e. The summed E-state index contributed by atoms with van der Waals surface area (Å²) >= 11 is 0. The van der Waals surface area contributed by atoms with Crippen molar-refractivity contribution in [3.63, 3.8) is 0 Å². The van der Waals surface area contributed by atoms with Gasteiger partial charge in [0.15, 0.2) is 10.8 Å². The molecular formula is C12H12N2O4S. The molecule has 0 amide bonds. The SMILES string of the molecule is Cc1noc(C)c1C(=O)CS(=O)(=O)c1ccccn1. The van der Waals surface area contributed by atoms with Crippen molar-refractivity contribution >= 4 is 15.6 Å². The predicted octanol–water partition coefficient (Wildman–Crippen LogP) is 1.34. The second-order valence-corrected chi connectivity index (χ2v) is 5.99. The number of pyridine rings is 1. The van der Waals surface area contributed by atoms with Gasteiger partial charge in [-0.2, -0.15) is 0 Å². The average Bonchev–Trinajstić information content (AvgIpc) is 2.69. The molecule has 0 fully saturated rings. The van der Waals surface area contributed by atoms with E-state index in [0.29, 0.717) is 11.5 Å². The Balaban J connectivity index is 2.30. The molecule has 2 heterocycles. The van der Waals surface area contributed by atoms with Crippen molar-refractivity contribution in [3.8, 4) is 0 Å². The number of aryl methyl sites for hydroxylation is 2. The standard InChI is InChI=1S/C12H12N2O4S/c1-8-12(9(2)18-14-8)10(15)7-19(16,17)11-5-3-4-6-13-11/h3-6H,7H2,1-2H3. The summed E-state index contributed by atoms with van der Waals surface area (Å²) in [6, 6.07) is 4.52. The molecule has 0 unspecified atom stereocenters. The molecule has 0 aliphatic carbocycles. The fourth-order valence-electron chi connectivity index (χ4n) is 1.73. The van der Waals surface area contributed by atoms with Gasteiger partial charge in [0.05, 0.1) is 11.3 Å². The van der Waals surface area contributed by atoms with E-state index in [1.807, 2.05) is 0 Å². The molecule has 19 heavy (non-hydrogen) atoms. The lowest BCUT2D eigenvalue weighted by Gasteiger charge is -2.02. The van der Waals surface area contributed by atoms with Crippen LogP contribution in [0.25, 0.3) is 0 Å². The maximum Gasteiger partial charge on any atom is 0.203 e. The number of nitrogens with zero attached hydrogens (tertiary/aromatic N) is 2. The van der Waals surface area contributed by atoms with Crippen LogP contribution in [0.5, 0.6) is 0 Å². The van der Waals surface area contributed by atoms with Gasteiger partial charge in [0, 0.05) is 6.20 Å². The molecule has 2 aromatic rings. The van der Waals surface area contributed by atoms with Crippen LogP contribution in [-0.4, -0.2) is 30.1 Å². The van der Waals surface area contributed by atoms with Gasteiger partial charge in [-0.05, 0) is 26.0 Å². The van der Waals surface area contributed by atoms with Gasteiger partial charge in [-0.25, -0.2) is 13.4 Å². The van der Waals surface area contributed by atoms with E-state index in [9.17, 15) is 13.2 Å². The zero-order valence-electron chi connectivity index (χ0n) is 10.5. The summed E-state index contributed by atoms with van der Waals surface area (Å²) in [5.74, 6) is -0.868. The number of carbonyl (C=O) groups excluding carboxylic acids is 1. The maximum atomic E-state index is 12.0. The largest absolute Gasteiger partial charge is 0.361 e. The fourth-order valence-corrected chi connectivity index (χ4v) is 2.88. The molecule has 0 aromatic carbocycles. The molecule has 0 atom stereocenters. The Labute approximate surface area is 110 Å². The molecule has 2 rings (SSSR count). The Kier molecular flexibility index (Phi) is 3.48. The van der Waals surface area contributed by atoms with Crippen LogP contribution in [0.1, 0.15) is 21.8 Å². The Morgan fingerprint density at radius 3 is 2.58 bits per heavy atom. The van der Waals surface area contributed by atoms with E-state index in [4.69, 9.17) is 4.52 Å². The molecule has 0 spiro atoms. The third-order valence-electron chi connectivity index (χ3n) is 2.59. The van der Waals surface area contributed by atoms with Crippen LogP contribution in [0.4, 0.5) is 0 Å². The lowest BCUT2D eigenvalue weighted by molar-refractivity contribution is 0.101. The van der Waals surface area contributed by atoms with E-state index in [1.54, 1.807) is 26.0 Å². The highest BCUT2D eigenvalue weighted by molar-refractivity contribution is 7.92. The van der Waals surface area contributed by atoms with Gasteiger partial charge in [0.2, 0.25) is 9.84 Å². The van der Waals surface area contributed by atoms with Crippen molar-refractivity contribution in [1.29, 1.82) is 0 Å². The zero-order valence-corrected chi connectivity index (χ0v) is 11.3. The third kappa shape index (κ3) is 2.70. The predicted molar refractivity (Wildman–Crippen MR) is 66.6 cm³/mol. The van der Waals surface area contributed by atoms with E-state index in [2.05, 4.69) is 10.1 Å². The van der Waals surface area contributed by atoms with Gasteiger partial charge in [-0.3, -0.25) is 4.79 Å². The normalized spacial score (nSPS) is 11.5. The Morgan fingerprint density at radius 2 is 2.05 bits per heavy atom. The van der Waals surface area contributed by atoms with Gasteiger partial charge in [0.1, 0.15) is 11.5 Å². The van der Waals surface area contributed by atoms with Gasteiger partial charge >= 0.3 is 0 Å². The van der Waals surface area contributed by atoms with Gasteiger partial charge in [-0.15, -0.1) is 0 Å². The molecule has 6 nitrogen and oxygen atoms in total. The van der Waals surface area contributed by atoms with E-state index in [1.165, 1.54) is 12.3 Å². The minimum Gasteiger partial charge on any atom is -0.361 e. The van der Waals surface area contributed by atoms with Gasteiger partial charge < -0.3 is 4.52 Å². The first-order valence-corrected chi connectivity index (χ1v) is 7.17. The minimum absolute atomic E-state index is 0.116. The summed E-state index contributed by atoms with van der Waals surface area (Å²) in [7, 11) is -3.75. The highest BCUT2D eigenvalue weighted by Gasteiger charge is 2.25. The second kappa shape index (κ2) is 4.93. The highest BCUT2D eigenvalue weighted by Crippen LogP contribution is 2.16. The van der Waals surface area contributed by atoms with E-state index in [-0.39, 0.29) is 10.6 Å². The molecule has 0 N–H and O–H groups in total. The van der Waals surface area contributed by atoms with Crippen molar-refractivity contribution in [2.24, 2.45) is 0 Å². The molecular weight excluding hydrogens is 268 g/mol. The number of sulfone groups is 1. The summed E-state index contributed by atoms with van der Waals surface area (Å²) in [5, 5.41) is 3.52. The van der Waals surface area contributed by atoms with Crippen LogP contribution < -0.4 is 0 Å². The number of Topliss-reactive ketones (excluding diaryl/α,β-unsaturated/α-hetero) is 1. The molecule has 2 aromatic heterocycles. The van der Waals surface area contributed by atoms with Crippen LogP contribution in [0.3, 0.4) is 0 Å². The first-order valence-electron chi connectivity index (χ1n) is 5.51. The van der Waals surface area contributed by atoms with Crippen LogP contribution in [0.2, 0.25) is 0 Å². The quantitative estimate of drug-likeness (QED) is 0.785. The summed E-state index contributed by atoms with van der Waals surface area (Å²) < 4.78 is 28.9. The number of hydrogen-bond donors (Lipinski definition) is 0. The van der Waals surface area contributed by atoms with Crippen LogP contribution in [0, 0.1) is 13.8 Å². The Bertz CT molecular complexity index is 685. The average molecular weight is 280 g/mol. The summed E-state index contributed by atoms with van der Waals surface area (Å²) in [4.78, 5) is 15.8. The molecule has 7 heteroatoms. The third-order valence-corrected chi connectivity index (χ3v) is 4.11. The number of carbonyl (C=O) groups is 1. The van der Waals surface area contributed by atoms with Crippen molar-refractivity contribution in [2.45, 2.75) is 18.9 Å². The topological polar surface area (TPSA) is 90.1 Å². The number of aromatic nitrogens is 2. The summed E-state index contributed by atoms with van der Waals surface area (Å²) in [5.41, 5.74) is 0.609. The van der Waals surface area contributed by atoms with Gasteiger partial charge in [-0.1, -0.05) is 11.2 Å². The van der Waals surface area contributed by atoms with Crippen molar-refractivity contribution in [2.75, 3.05) is 5.75 Å². The Hall–Kier alpha value is -2.02. The fraction of sp³-hybridized carbons (Fsp3) is 0.250. The van der Waals surface area contributed by atoms with E-state index < -0.39 is 21.4 Å². The number of hydrogen-bond acceptors (Lipinski definition) is 6. The van der Waals surface area contributed by atoms with Crippen LogP contribution >= 0.6 is 0 Å².